The van der Waals surface area contributed by atoms with E-state index in [4.69, 9.17) is 0 Å². The van der Waals surface area contributed by atoms with Crippen molar-refractivity contribution in [1.29, 1.82) is 0 Å². The first-order valence-electron chi connectivity index (χ1n) is 7.45. The van der Waals surface area contributed by atoms with Gasteiger partial charge in [0.15, 0.2) is 11.6 Å². The Morgan fingerprint density at radius 3 is 2.61 bits per heavy atom. The van der Waals surface area contributed by atoms with Gasteiger partial charge in [0, 0.05) is 31.4 Å². The van der Waals surface area contributed by atoms with Gasteiger partial charge in [0.05, 0.1) is 12.2 Å². The van der Waals surface area contributed by atoms with Crippen LogP contribution in [0.25, 0.3) is 0 Å². The molecule has 1 aliphatic heterocycles. The summed E-state index contributed by atoms with van der Waals surface area (Å²) < 4.78 is 51.1. The van der Waals surface area contributed by atoms with Crippen molar-refractivity contribution < 1.29 is 22.0 Å². The molecule has 1 heterocycles. The molecular weight excluding hydrogens is 326 g/mol. The summed E-state index contributed by atoms with van der Waals surface area (Å²) in [6.45, 7) is 2.55. The molecule has 1 fully saturated rings. The van der Waals surface area contributed by atoms with Crippen LogP contribution in [0.15, 0.2) is 18.2 Å². The van der Waals surface area contributed by atoms with Gasteiger partial charge in [-0.05, 0) is 31.9 Å². The number of amides is 1. The van der Waals surface area contributed by atoms with E-state index in [1.54, 1.807) is 6.92 Å². The van der Waals surface area contributed by atoms with Crippen LogP contribution in [0.3, 0.4) is 0 Å². The summed E-state index contributed by atoms with van der Waals surface area (Å²) in [6.07, 6.45) is 2.29. The Hall–Kier alpha value is -1.54. The third-order valence-electron chi connectivity index (χ3n) is 4.00. The average Bonchev–Trinajstić information content (AvgIpc) is 2.50. The standard InChI is InChI=1S/C15H20F2N2O3S/c1-3-19(12-6-7-13(16)14(17)9-12)15(20)11-5-4-8-18(10-11)23(2,21)22/h6-7,9,11H,3-5,8,10H2,1-2H3. The maximum absolute atomic E-state index is 13.4. The van der Waals surface area contributed by atoms with Crippen molar-refractivity contribution >= 4 is 21.6 Å². The van der Waals surface area contributed by atoms with E-state index in [-0.39, 0.29) is 18.1 Å². The van der Waals surface area contributed by atoms with Gasteiger partial charge >= 0.3 is 0 Å². The first-order chi connectivity index (χ1) is 10.7. The highest BCUT2D eigenvalue weighted by molar-refractivity contribution is 7.88. The van der Waals surface area contributed by atoms with Gasteiger partial charge in [0.1, 0.15) is 0 Å². The van der Waals surface area contributed by atoms with Gasteiger partial charge in [-0.1, -0.05) is 0 Å². The first-order valence-corrected chi connectivity index (χ1v) is 9.30. The van der Waals surface area contributed by atoms with Crippen molar-refractivity contribution in [2.45, 2.75) is 19.8 Å². The molecule has 1 aromatic carbocycles. The topological polar surface area (TPSA) is 57.7 Å². The van der Waals surface area contributed by atoms with Gasteiger partial charge in [-0.15, -0.1) is 0 Å². The smallest absolute Gasteiger partial charge is 0.231 e. The normalized spacial score (nSPS) is 19.6. The molecule has 1 aromatic rings. The molecule has 0 radical (unpaired) electrons. The Kier molecular flexibility index (Phi) is 5.36. The van der Waals surface area contributed by atoms with E-state index in [1.807, 2.05) is 0 Å². The highest BCUT2D eigenvalue weighted by Gasteiger charge is 2.32. The summed E-state index contributed by atoms with van der Waals surface area (Å²) in [4.78, 5) is 14.0. The third-order valence-corrected chi connectivity index (χ3v) is 5.27. The minimum absolute atomic E-state index is 0.123. The lowest BCUT2D eigenvalue weighted by Crippen LogP contribution is -2.46. The van der Waals surface area contributed by atoms with Gasteiger partial charge in [-0.25, -0.2) is 21.5 Å². The Labute approximate surface area is 134 Å². The van der Waals surface area contributed by atoms with Crippen LogP contribution in [0.2, 0.25) is 0 Å². The molecule has 1 aliphatic rings. The van der Waals surface area contributed by atoms with Crippen molar-refractivity contribution in [3.63, 3.8) is 0 Å². The van der Waals surface area contributed by atoms with Crippen LogP contribution in [0.4, 0.5) is 14.5 Å². The number of rotatable bonds is 4. The number of carbonyl (C=O) groups excluding carboxylic acids is 1. The lowest BCUT2D eigenvalue weighted by Gasteiger charge is -2.33. The second-order valence-electron chi connectivity index (χ2n) is 5.64. The largest absolute Gasteiger partial charge is 0.312 e. The fourth-order valence-corrected chi connectivity index (χ4v) is 3.70. The summed E-state index contributed by atoms with van der Waals surface area (Å²) in [5.41, 5.74) is 0.271. The molecule has 1 atom stereocenters. The van der Waals surface area contributed by atoms with E-state index in [2.05, 4.69) is 0 Å². The number of anilines is 1. The molecule has 0 saturated carbocycles. The second kappa shape index (κ2) is 6.92. The maximum atomic E-state index is 13.4. The predicted octanol–water partition coefficient (Wildman–Crippen LogP) is 1.99. The maximum Gasteiger partial charge on any atom is 0.231 e. The summed E-state index contributed by atoms with van der Waals surface area (Å²) >= 11 is 0. The predicted molar refractivity (Wildman–Crippen MR) is 83.5 cm³/mol. The van der Waals surface area contributed by atoms with Crippen LogP contribution in [-0.4, -0.2) is 44.5 Å². The summed E-state index contributed by atoms with van der Waals surface area (Å²) in [7, 11) is -3.35. The van der Waals surface area contributed by atoms with Crippen molar-refractivity contribution in [1.82, 2.24) is 4.31 Å². The van der Waals surface area contributed by atoms with Gasteiger partial charge in [-0.2, -0.15) is 0 Å². The van der Waals surface area contributed by atoms with E-state index in [1.165, 1.54) is 15.3 Å². The Morgan fingerprint density at radius 1 is 1.35 bits per heavy atom. The molecule has 0 N–H and O–H groups in total. The molecular formula is C15H20F2N2O3S. The fourth-order valence-electron chi connectivity index (χ4n) is 2.78. The van der Waals surface area contributed by atoms with Crippen LogP contribution in [-0.2, 0) is 14.8 Å². The van der Waals surface area contributed by atoms with E-state index in [0.29, 0.717) is 25.9 Å². The van der Waals surface area contributed by atoms with Crippen LogP contribution in [0.1, 0.15) is 19.8 Å². The molecule has 5 nitrogen and oxygen atoms in total. The lowest BCUT2D eigenvalue weighted by atomic mass is 9.97. The molecule has 1 amide bonds. The summed E-state index contributed by atoms with van der Waals surface area (Å²) in [5.74, 6) is -2.74. The summed E-state index contributed by atoms with van der Waals surface area (Å²) in [6, 6.07) is 3.30. The van der Waals surface area contributed by atoms with E-state index >= 15 is 0 Å². The van der Waals surface area contributed by atoms with Crippen molar-refractivity contribution in [2.24, 2.45) is 5.92 Å². The van der Waals surface area contributed by atoms with Crippen molar-refractivity contribution in [3.8, 4) is 0 Å². The van der Waals surface area contributed by atoms with Crippen LogP contribution >= 0.6 is 0 Å². The lowest BCUT2D eigenvalue weighted by molar-refractivity contribution is -0.123. The molecule has 8 heteroatoms. The number of sulfonamides is 1. The number of carbonyl (C=O) groups is 1. The van der Waals surface area contributed by atoms with E-state index < -0.39 is 27.6 Å². The van der Waals surface area contributed by atoms with Crippen molar-refractivity contribution in [2.75, 3.05) is 30.8 Å². The van der Waals surface area contributed by atoms with Gasteiger partial charge in [-0.3, -0.25) is 4.79 Å². The summed E-state index contributed by atoms with van der Waals surface area (Å²) in [5, 5.41) is 0. The average molecular weight is 346 g/mol. The SMILES string of the molecule is CCN(C(=O)C1CCCN(S(C)(=O)=O)C1)c1ccc(F)c(F)c1. The molecule has 128 valence electrons. The van der Waals surface area contributed by atoms with E-state index in [0.717, 1.165) is 18.4 Å². The van der Waals surface area contributed by atoms with Gasteiger partial charge < -0.3 is 4.90 Å². The Morgan fingerprint density at radius 2 is 2.04 bits per heavy atom. The van der Waals surface area contributed by atoms with Crippen LogP contribution in [0.5, 0.6) is 0 Å². The molecule has 0 bridgehead atoms. The highest BCUT2D eigenvalue weighted by Crippen LogP contribution is 2.25. The zero-order valence-corrected chi connectivity index (χ0v) is 13.9. The highest BCUT2D eigenvalue weighted by atomic mass is 32.2. The first kappa shape index (κ1) is 17.8. The fraction of sp³-hybridized carbons (Fsp3) is 0.533. The molecule has 0 aromatic heterocycles. The molecule has 0 aliphatic carbocycles. The molecule has 2 rings (SSSR count). The zero-order chi connectivity index (χ0) is 17.2. The number of nitrogens with zero attached hydrogens (tertiary/aromatic N) is 2. The quantitative estimate of drug-likeness (QED) is 0.838. The number of halogens is 2. The van der Waals surface area contributed by atoms with Crippen molar-refractivity contribution in [3.05, 3.63) is 29.8 Å². The minimum Gasteiger partial charge on any atom is -0.312 e. The Balaban J connectivity index is 2.20. The number of piperidine rings is 1. The number of hydrogen-bond acceptors (Lipinski definition) is 3. The van der Waals surface area contributed by atoms with Gasteiger partial charge in [0.2, 0.25) is 15.9 Å². The molecule has 1 unspecified atom stereocenters. The van der Waals surface area contributed by atoms with Crippen LogP contribution < -0.4 is 4.90 Å². The van der Waals surface area contributed by atoms with Crippen LogP contribution in [0, 0.1) is 17.6 Å². The van der Waals surface area contributed by atoms with E-state index in [9.17, 15) is 22.0 Å². The molecule has 23 heavy (non-hydrogen) atoms. The Bertz CT molecular complexity index is 694. The monoisotopic (exact) mass is 346 g/mol. The minimum atomic E-state index is -3.35. The molecule has 0 spiro atoms. The third kappa shape index (κ3) is 4.06. The number of hydrogen-bond donors (Lipinski definition) is 0. The second-order valence-corrected chi connectivity index (χ2v) is 7.62. The number of benzene rings is 1. The van der Waals surface area contributed by atoms with Gasteiger partial charge in [0.25, 0.3) is 0 Å². The molecule has 1 saturated heterocycles. The zero-order valence-electron chi connectivity index (χ0n) is 13.1.